The largest absolute Gasteiger partial charge is 0.504 e. The Hall–Kier alpha value is -2.08. The Bertz CT molecular complexity index is 578. The van der Waals surface area contributed by atoms with Crippen molar-refractivity contribution in [1.82, 2.24) is 15.5 Å². The number of methoxy groups -OCH3 is 1. The van der Waals surface area contributed by atoms with Crippen LogP contribution in [0.5, 0.6) is 11.5 Å². The average molecular weight is 263 g/mol. The third-order valence-electron chi connectivity index (χ3n) is 3.02. The number of hydrogen-bond donors (Lipinski definition) is 2. The molecule has 0 radical (unpaired) electrons. The van der Waals surface area contributed by atoms with E-state index in [0.29, 0.717) is 17.5 Å². The van der Waals surface area contributed by atoms with E-state index in [1.807, 2.05) is 20.9 Å². The number of rotatable bonds is 4. The van der Waals surface area contributed by atoms with Crippen LogP contribution in [0.15, 0.2) is 22.7 Å². The highest BCUT2D eigenvalue weighted by Gasteiger charge is 2.25. The Balaban J connectivity index is 2.38. The second-order valence-corrected chi connectivity index (χ2v) is 4.68. The molecule has 0 aliphatic rings. The van der Waals surface area contributed by atoms with Gasteiger partial charge in [-0.25, -0.2) is 0 Å². The second-order valence-electron chi connectivity index (χ2n) is 4.68. The smallest absolute Gasteiger partial charge is 0.246 e. The summed E-state index contributed by atoms with van der Waals surface area (Å²) in [5, 5.41) is 16.6. The molecule has 0 unspecified atom stereocenters. The van der Waals surface area contributed by atoms with Gasteiger partial charge in [0, 0.05) is 5.56 Å². The van der Waals surface area contributed by atoms with Crippen LogP contribution >= 0.6 is 0 Å². The summed E-state index contributed by atoms with van der Waals surface area (Å²) in [6, 6.07) is 4.91. The van der Waals surface area contributed by atoms with Crippen molar-refractivity contribution in [3.63, 3.8) is 0 Å². The molecule has 2 aromatic rings. The Kier molecular flexibility index (Phi) is 3.44. The summed E-state index contributed by atoms with van der Waals surface area (Å²) >= 11 is 0. The molecule has 6 nitrogen and oxygen atoms in total. The maximum absolute atomic E-state index is 9.56. The molecule has 102 valence electrons. The van der Waals surface area contributed by atoms with Crippen molar-refractivity contribution in [2.75, 3.05) is 14.2 Å². The Morgan fingerprint density at radius 1 is 1.37 bits per heavy atom. The standard InChI is InChI=1S/C13H17N3O3/c1-13(2,14-3)12-15-11(16-19-12)8-5-6-9(17)10(7-8)18-4/h5-7,14,17H,1-4H3. The summed E-state index contributed by atoms with van der Waals surface area (Å²) in [5.74, 6) is 1.40. The van der Waals surface area contributed by atoms with Gasteiger partial charge in [-0.3, -0.25) is 0 Å². The number of nitrogens with one attached hydrogen (secondary N) is 1. The van der Waals surface area contributed by atoms with Crippen LogP contribution in [-0.4, -0.2) is 29.4 Å². The van der Waals surface area contributed by atoms with Crippen molar-refractivity contribution in [2.24, 2.45) is 0 Å². The summed E-state index contributed by atoms with van der Waals surface area (Å²) in [4.78, 5) is 4.35. The van der Waals surface area contributed by atoms with Gasteiger partial charge in [0.05, 0.1) is 12.6 Å². The zero-order chi connectivity index (χ0) is 14.0. The molecular formula is C13H17N3O3. The predicted molar refractivity (Wildman–Crippen MR) is 70.0 cm³/mol. The lowest BCUT2D eigenvalue weighted by atomic mass is 10.1. The summed E-state index contributed by atoms with van der Waals surface area (Å²) in [6.07, 6.45) is 0. The number of aromatic hydroxyl groups is 1. The van der Waals surface area contributed by atoms with E-state index in [2.05, 4.69) is 15.5 Å². The summed E-state index contributed by atoms with van der Waals surface area (Å²) in [7, 11) is 3.32. The van der Waals surface area contributed by atoms with Gasteiger partial charge in [0.25, 0.3) is 0 Å². The molecule has 0 saturated carbocycles. The fourth-order valence-corrected chi connectivity index (χ4v) is 1.52. The van der Waals surface area contributed by atoms with Gasteiger partial charge in [-0.05, 0) is 39.1 Å². The van der Waals surface area contributed by atoms with Crippen LogP contribution in [0.2, 0.25) is 0 Å². The zero-order valence-electron chi connectivity index (χ0n) is 11.4. The first kappa shape index (κ1) is 13.4. The highest BCUT2D eigenvalue weighted by Crippen LogP contribution is 2.31. The minimum Gasteiger partial charge on any atom is -0.504 e. The number of nitrogens with zero attached hydrogens (tertiary/aromatic N) is 2. The highest BCUT2D eigenvalue weighted by atomic mass is 16.5. The monoisotopic (exact) mass is 263 g/mol. The van der Waals surface area contributed by atoms with Crippen LogP contribution in [0.1, 0.15) is 19.7 Å². The topological polar surface area (TPSA) is 80.4 Å². The van der Waals surface area contributed by atoms with Crippen molar-refractivity contribution in [3.8, 4) is 22.9 Å². The Morgan fingerprint density at radius 3 is 2.74 bits per heavy atom. The van der Waals surface area contributed by atoms with E-state index in [1.165, 1.54) is 13.2 Å². The van der Waals surface area contributed by atoms with Gasteiger partial charge >= 0.3 is 0 Å². The van der Waals surface area contributed by atoms with Gasteiger partial charge in [0.1, 0.15) is 0 Å². The maximum Gasteiger partial charge on any atom is 0.246 e. The van der Waals surface area contributed by atoms with Gasteiger partial charge in [-0.15, -0.1) is 0 Å². The van der Waals surface area contributed by atoms with Crippen LogP contribution < -0.4 is 10.1 Å². The number of phenolic OH excluding ortho intramolecular Hbond substituents is 1. The van der Waals surface area contributed by atoms with Gasteiger partial charge < -0.3 is 19.7 Å². The lowest BCUT2D eigenvalue weighted by Gasteiger charge is -2.17. The minimum absolute atomic E-state index is 0.0746. The highest BCUT2D eigenvalue weighted by molar-refractivity contribution is 5.60. The Morgan fingerprint density at radius 2 is 2.11 bits per heavy atom. The molecule has 0 aliphatic heterocycles. The first-order valence-corrected chi connectivity index (χ1v) is 5.88. The average Bonchev–Trinajstić information content (AvgIpc) is 2.89. The first-order valence-electron chi connectivity index (χ1n) is 5.88. The normalized spacial score (nSPS) is 11.6. The number of aromatic nitrogens is 2. The molecule has 0 bridgehead atoms. The number of ether oxygens (including phenoxy) is 1. The fourth-order valence-electron chi connectivity index (χ4n) is 1.52. The molecule has 0 fully saturated rings. The maximum atomic E-state index is 9.56. The molecule has 1 aromatic carbocycles. The molecule has 1 aromatic heterocycles. The second kappa shape index (κ2) is 4.89. The van der Waals surface area contributed by atoms with E-state index in [0.717, 1.165) is 5.56 Å². The van der Waals surface area contributed by atoms with Crippen LogP contribution in [0.25, 0.3) is 11.4 Å². The van der Waals surface area contributed by atoms with Crippen LogP contribution in [-0.2, 0) is 5.54 Å². The molecule has 2 rings (SSSR count). The Labute approximate surface area is 111 Å². The molecular weight excluding hydrogens is 246 g/mol. The van der Waals surface area contributed by atoms with Crippen molar-refractivity contribution >= 4 is 0 Å². The lowest BCUT2D eigenvalue weighted by molar-refractivity contribution is 0.281. The number of phenols is 1. The van der Waals surface area contributed by atoms with E-state index in [-0.39, 0.29) is 5.75 Å². The summed E-state index contributed by atoms with van der Waals surface area (Å²) in [5.41, 5.74) is 0.322. The minimum atomic E-state index is -0.397. The first-order chi connectivity index (χ1) is 8.97. The number of hydrogen-bond acceptors (Lipinski definition) is 6. The summed E-state index contributed by atoms with van der Waals surface area (Å²) in [6.45, 7) is 3.89. The third-order valence-corrected chi connectivity index (χ3v) is 3.02. The van der Waals surface area contributed by atoms with Gasteiger partial charge in [-0.2, -0.15) is 4.98 Å². The molecule has 6 heteroatoms. The third kappa shape index (κ3) is 2.53. The molecule has 1 heterocycles. The molecule has 0 atom stereocenters. The molecule has 0 spiro atoms. The lowest BCUT2D eigenvalue weighted by Crippen LogP contribution is -2.33. The van der Waals surface area contributed by atoms with E-state index >= 15 is 0 Å². The van der Waals surface area contributed by atoms with Gasteiger partial charge in [0.15, 0.2) is 11.5 Å². The van der Waals surface area contributed by atoms with Crippen LogP contribution in [0.3, 0.4) is 0 Å². The van der Waals surface area contributed by atoms with Crippen molar-refractivity contribution in [1.29, 1.82) is 0 Å². The van der Waals surface area contributed by atoms with E-state index in [9.17, 15) is 5.11 Å². The van der Waals surface area contributed by atoms with E-state index in [1.54, 1.807) is 12.1 Å². The fraction of sp³-hybridized carbons (Fsp3) is 0.385. The van der Waals surface area contributed by atoms with E-state index in [4.69, 9.17) is 9.26 Å². The van der Waals surface area contributed by atoms with Crippen molar-refractivity contribution in [3.05, 3.63) is 24.1 Å². The molecule has 0 amide bonds. The molecule has 0 saturated heterocycles. The molecule has 0 aliphatic carbocycles. The summed E-state index contributed by atoms with van der Waals surface area (Å²) < 4.78 is 10.3. The zero-order valence-corrected chi connectivity index (χ0v) is 11.4. The van der Waals surface area contributed by atoms with Crippen molar-refractivity contribution in [2.45, 2.75) is 19.4 Å². The number of benzene rings is 1. The van der Waals surface area contributed by atoms with Crippen molar-refractivity contribution < 1.29 is 14.4 Å². The van der Waals surface area contributed by atoms with Crippen LogP contribution in [0.4, 0.5) is 0 Å². The quantitative estimate of drug-likeness (QED) is 0.877. The van der Waals surface area contributed by atoms with Gasteiger partial charge in [0.2, 0.25) is 11.7 Å². The van der Waals surface area contributed by atoms with Crippen LogP contribution in [0, 0.1) is 0 Å². The van der Waals surface area contributed by atoms with E-state index < -0.39 is 5.54 Å². The molecule has 2 N–H and O–H groups in total. The SMILES string of the molecule is CNC(C)(C)c1nc(-c2ccc(O)c(OC)c2)no1. The van der Waals surface area contributed by atoms with Gasteiger partial charge in [-0.1, -0.05) is 5.16 Å². The predicted octanol–water partition coefficient (Wildman–Crippen LogP) is 1.91. The molecule has 19 heavy (non-hydrogen) atoms.